The third-order valence-electron chi connectivity index (χ3n) is 3.87. The first kappa shape index (κ1) is 14.7. The van der Waals surface area contributed by atoms with Crippen molar-refractivity contribution >= 4 is 11.3 Å². The molecule has 0 spiro atoms. The van der Waals surface area contributed by atoms with Crippen molar-refractivity contribution in [3.05, 3.63) is 51.0 Å². The topological polar surface area (TPSA) is 34.2 Å². The van der Waals surface area contributed by atoms with Crippen molar-refractivity contribution < 1.29 is 4.74 Å². The van der Waals surface area contributed by atoms with E-state index in [1.54, 1.807) is 11.3 Å². The number of fused-ring (bicyclic) bond motifs is 1. The quantitative estimate of drug-likeness (QED) is 0.882. The van der Waals surface area contributed by atoms with Gasteiger partial charge < -0.3 is 10.1 Å². The van der Waals surface area contributed by atoms with E-state index in [2.05, 4.69) is 47.7 Å². The molecule has 0 aliphatic carbocycles. The zero-order valence-corrected chi connectivity index (χ0v) is 13.5. The van der Waals surface area contributed by atoms with Crippen LogP contribution in [-0.4, -0.2) is 11.5 Å². The molecule has 2 aromatic rings. The van der Waals surface area contributed by atoms with Crippen LogP contribution in [0.3, 0.4) is 0 Å². The number of nitrogens with one attached hydrogen (secondary N) is 1. The van der Waals surface area contributed by atoms with E-state index in [9.17, 15) is 0 Å². The van der Waals surface area contributed by atoms with Crippen molar-refractivity contribution in [2.24, 2.45) is 0 Å². The van der Waals surface area contributed by atoms with Crippen LogP contribution in [0, 0.1) is 6.92 Å². The molecular weight excluding hydrogens is 280 g/mol. The Bertz CT molecular complexity index is 609. The first-order chi connectivity index (χ1) is 10.3. The van der Waals surface area contributed by atoms with Crippen LogP contribution >= 0.6 is 11.3 Å². The van der Waals surface area contributed by atoms with Gasteiger partial charge in [-0.1, -0.05) is 25.1 Å². The Morgan fingerprint density at radius 2 is 2.19 bits per heavy atom. The summed E-state index contributed by atoms with van der Waals surface area (Å²) >= 11 is 1.73. The monoisotopic (exact) mass is 302 g/mol. The smallest absolute Gasteiger partial charge is 0.0897 e. The van der Waals surface area contributed by atoms with Crippen LogP contribution < -0.4 is 5.32 Å². The van der Waals surface area contributed by atoms with Gasteiger partial charge >= 0.3 is 0 Å². The molecule has 2 heterocycles. The van der Waals surface area contributed by atoms with E-state index in [4.69, 9.17) is 4.74 Å². The summed E-state index contributed by atoms with van der Waals surface area (Å²) in [5.41, 5.74) is 5.20. The zero-order valence-electron chi connectivity index (χ0n) is 12.7. The second-order valence-electron chi connectivity index (χ2n) is 5.59. The number of aromatic nitrogens is 1. The number of thiazole rings is 1. The van der Waals surface area contributed by atoms with Crippen molar-refractivity contribution in [1.82, 2.24) is 10.3 Å². The summed E-state index contributed by atoms with van der Waals surface area (Å²) in [6.45, 7) is 6.80. The lowest BCUT2D eigenvalue weighted by atomic mass is 9.98. The molecule has 112 valence electrons. The van der Waals surface area contributed by atoms with Gasteiger partial charge in [-0.25, -0.2) is 4.98 Å². The number of hydrogen-bond donors (Lipinski definition) is 1. The van der Waals surface area contributed by atoms with Crippen molar-refractivity contribution in [2.45, 2.75) is 45.9 Å². The zero-order chi connectivity index (χ0) is 14.7. The molecule has 21 heavy (non-hydrogen) atoms. The second kappa shape index (κ2) is 6.69. The number of benzene rings is 1. The summed E-state index contributed by atoms with van der Waals surface area (Å²) in [7, 11) is 0. The van der Waals surface area contributed by atoms with Crippen LogP contribution in [0.1, 0.15) is 46.8 Å². The standard InChI is InChI=1S/C17H22N2OS/c1-3-6-18-17(8-16-11-21-12(2)19-16)13-4-5-14-9-20-10-15(14)7-13/h4-5,7,11,17-18H,3,6,8-10H2,1-2H3. The number of hydrogen-bond acceptors (Lipinski definition) is 4. The molecule has 1 aliphatic rings. The second-order valence-corrected chi connectivity index (χ2v) is 6.65. The van der Waals surface area contributed by atoms with Crippen LogP contribution in [-0.2, 0) is 24.4 Å². The molecule has 3 nitrogen and oxygen atoms in total. The Hall–Kier alpha value is -1.23. The molecule has 3 rings (SSSR count). The minimum Gasteiger partial charge on any atom is -0.372 e. The predicted molar refractivity (Wildman–Crippen MR) is 86.5 cm³/mol. The Labute approximate surface area is 130 Å². The Balaban J connectivity index is 1.80. The van der Waals surface area contributed by atoms with Gasteiger partial charge in [0, 0.05) is 17.8 Å². The molecule has 1 atom stereocenters. The first-order valence-electron chi connectivity index (χ1n) is 7.60. The highest BCUT2D eigenvalue weighted by Crippen LogP contribution is 2.26. The molecule has 0 fully saturated rings. The lowest BCUT2D eigenvalue weighted by Crippen LogP contribution is -2.24. The summed E-state index contributed by atoms with van der Waals surface area (Å²) in [6, 6.07) is 7.08. The van der Waals surface area contributed by atoms with Crippen molar-refractivity contribution in [3.8, 4) is 0 Å². The molecule has 0 amide bonds. The highest BCUT2D eigenvalue weighted by atomic mass is 32.1. The summed E-state index contributed by atoms with van der Waals surface area (Å²) in [6.07, 6.45) is 2.09. The van der Waals surface area contributed by atoms with E-state index in [0.29, 0.717) is 6.04 Å². The average Bonchev–Trinajstić information content (AvgIpc) is 3.11. The van der Waals surface area contributed by atoms with Crippen LogP contribution in [0.5, 0.6) is 0 Å². The Kier molecular flexibility index (Phi) is 4.68. The lowest BCUT2D eigenvalue weighted by molar-refractivity contribution is 0.134. The summed E-state index contributed by atoms with van der Waals surface area (Å²) in [5, 5.41) is 6.97. The first-order valence-corrected chi connectivity index (χ1v) is 8.48. The number of aryl methyl sites for hydroxylation is 1. The van der Waals surface area contributed by atoms with Gasteiger partial charge in [-0.05, 0) is 36.6 Å². The third-order valence-corrected chi connectivity index (χ3v) is 4.69. The lowest BCUT2D eigenvalue weighted by Gasteiger charge is -2.19. The largest absolute Gasteiger partial charge is 0.372 e. The van der Waals surface area contributed by atoms with E-state index in [0.717, 1.165) is 37.6 Å². The summed E-state index contributed by atoms with van der Waals surface area (Å²) in [4.78, 5) is 4.61. The van der Waals surface area contributed by atoms with Gasteiger partial charge in [-0.3, -0.25) is 0 Å². The summed E-state index contributed by atoms with van der Waals surface area (Å²) < 4.78 is 5.52. The molecule has 0 bridgehead atoms. The summed E-state index contributed by atoms with van der Waals surface area (Å²) in [5.74, 6) is 0. The maximum Gasteiger partial charge on any atom is 0.0897 e. The fourth-order valence-electron chi connectivity index (χ4n) is 2.75. The maximum absolute atomic E-state index is 5.52. The molecule has 0 saturated carbocycles. The Morgan fingerprint density at radius 3 is 2.95 bits per heavy atom. The molecule has 0 radical (unpaired) electrons. The number of rotatable bonds is 6. The molecule has 4 heteroatoms. The fraction of sp³-hybridized carbons (Fsp3) is 0.471. The highest BCUT2D eigenvalue weighted by Gasteiger charge is 2.17. The van der Waals surface area contributed by atoms with Gasteiger partial charge in [0.2, 0.25) is 0 Å². The number of ether oxygens (including phenoxy) is 1. The maximum atomic E-state index is 5.52. The van der Waals surface area contributed by atoms with Crippen molar-refractivity contribution in [3.63, 3.8) is 0 Å². The van der Waals surface area contributed by atoms with Gasteiger partial charge in [-0.2, -0.15) is 0 Å². The average molecular weight is 302 g/mol. The van der Waals surface area contributed by atoms with E-state index < -0.39 is 0 Å². The molecule has 1 unspecified atom stereocenters. The minimum absolute atomic E-state index is 0.331. The Morgan fingerprint density at radius 1 is 1.33 bits per heavy atom. The van der Waals surface area contributed by atoms with E-state index in [1.807, 2.05) is 0 Å². The van der Waals surface area contributed by atoms with Gasteiger partial charge in [0.1, 0.15) is 0 Å². The van der Waals surface area contributed by atoms with Gasteiger partial charge in [0.25, 0.3) is 0 Å². The van der Waals surface area contributed by atoms with Gasteiger partial charge in [-0.15, -0.1) is 11.3 Å². The SMILES string of the molecule is CCCNC(Cc1csc(C)n1)c1ccc2c(c1)COC2. The van der Waals surface area contributed by atoms with Crippen LogP contribution in [0.25, 0.3) is 0 Å². The van der Waals surface area contributed by atoms with E-state index >= 15 is 0 Å². The molecule has 1 aromatic heterocycles. The normalized spacial score (nSPS) is 15.1. The van der Waals surface area contributed by atoms with Gasteiger partial charge in [0.05, 0.1) is 23.9 Å². The van der Waals surface area contributed by atoms with Crippen molar-refractivity contribution in [1.29, 1.82) is 0 Å². The molecule has 0 saturated heterocycles. The highest BCUT2D eigenvalue weighted by molar-refractivity contribution is 7.09. The van der Waals surface area contributed by atoms with Crippen LogP contribution in [0.15, 0.2) is 23.6 Å². The molecule has 1 N–H and O–H groups in total. The van der Waals surface area contributed by atoms with E-state index in [-0.39, 0.29) is 0 Å². The van der Waals surface area contributed by atoms with Crippen molar-refractivity contribution in [2.75, 3.05) is 6.54 Å². The fourth-order valence-corrected chi connectivity index (χ4v) is 3.37. The van der Waals surface area contributed by atoms with E-state index in [1.165, 1.54) is 22.4 Å². The molecule has 1 aliphatic heterocycles. The predicted octanol–water partition coefficient (Wildman–Crippen LogP) is 3.77. The van der Waals surface area contributed by atoms with Crippen LogP contribution in [0.4, 0.5) is 0 Å². The number of nitrogens with zero attached hydrogens (tertiary/aromatic N) is 1. The minimum atomic E-state index is 0.331. The third kappa shape index (κ3) is 3.51. The molecular formula is C17H22N2OS. The molecule has 1 aromatic carbocycles. The van der Waals surface area contributed by atoms with Crippen LogP contribution in [0.2, 0.25) is 0 Å². The van der Waals surface area contributed by atoms with Gasteiger partial charge in [0.15, 0.2) is 0 Å².